The van der Waals surface area contributed by atoms with E-state index < -0.39 is 0 Å². The maximum Gasteiger partial charge on any atom is 0.191 e. The minimum atomic E-state index is 0.114. The summed E-state index contributed by atoms with van der Waals surface area (Å²) >= 11 is 1.45. The Labute approximate surface area is 181 Å². The molecule has 0 aliphatic carbocycles. The van der Waals surface area contributed by atoms with Gasteiger partial charge in [-0.05, 0) is 44.9 Å². The van der Waals surface area contributed by atoms with E-state index >= 15 is 0 Å². The zero-order valence-electron chi connectivity index (χ0n) is 18.1. The molecule has 3 aromatic rings. The summed E-state index contributed by atoms with van der Waals surface area (Å²) in [7, 11) is 1.71. The van der Waals surface area contributed by atoms with Gasteiger partial charge in [-0.25, -0.2) is 0 Å². The van der Waals surface area contributed by atoms with Crippen molar-refractivity contribution in [2.24, 2.45) is 0 Å². The number of ketones is 1. The normalized spacial score (nSPS) is 11.2. The Morgan fingerprint density at radius 3 is 2.60 bits per heavy atom. The highest BCUT2D eigenvalue weighted by Gasteiger charge is 2.19. The number of pyridine rings is 1. The number of rotatable bonds is 11. The Kier molecular flexibility index (Phi) is 7.81. The van der Waals surface area contributed by atoms with Crippen LogP contribution in [0, 0.1) is 13.8 Å². The van der Waals surface area contributed by atoms with E-state index in [0.717, 1.165) is 59.4 Å². The van der Waals surface area contributed by atoms with E-state index in [2.05, 4.69) is 31.2 Å². The van der Waals surface area contributed by atoms with Gasteiger partial charge in [-0.15, -0.1) is 10.2 Å². The molecule has 0 aliphatic rings. The molecule has 0 saturated heterocycles. The van der Waals surface area contributed by atoms with Crippen LogP contribution in [0.4, 0.5) is 0 Å². The molecule has 8 heteroatoms. The van der Waals surface area contributed by atoms with E-state index in [4.69, 9.17) is 4.74 Å². The van der Waals surface area contributed by atoms with Crippen LogP contribution in [0.2, 0.25) is 0 Å². The van der Waals surface area contributed by atoms with Gasteiger partial charge in [-0.3, -0.25) is 9.78 Å². The summed E-state index contributed by atoms with van der Waals surface area (Å²) in [6, 6.07) is 5.84. The zero-order valence-corrected chi connectivity index (χ0v) is 18.9. The van der Waals surface area contributed by atoms with Gasteiger partial charge in [-0.1, -0.05) is 18.7 Å². The monoisotopic (exact) mass is 427 g/mol. The fourth-order valence-electron chi connectivity index (χ4n) is 3.54. The molecule has 0 bridgehead atoms. The summed E-state index contributed by atoms with van der Waals surface area (Å²) in [6.45, 7) is 8.54. The van der Waals surface area contributed by atoms with Gasteiger partial charge in [0.05, 0.1) is 5.75 Å². The van der Waals surface area contributed by atoms with E-state index in [1.165, 1.54) is 11.8 Å². The Balaban J connectivity index is 1.74. The number of carbonyl (C=O) groups is 1. The number of aromatic nitrogens is 5. The lowest BCUT2D eigenvalue weighted by atomic mass is 10.2. The Hall–Kier alpha value is -2.45. The molecule has 7 nitrogen and oxygen atoms in total. The first kappa shape index (κ1) is 22.2. The lowest BCUT2D eigenvalue weighted by molar-refractivity contribution is 0.102. The molecule has 0 aliphatic heterocycles. The number of nitrogens with zero attached hydrogens (tertiary/aromatic N) is 5. The number of ether oxygens (including phenoxy) is 1. The maximum absolute atomic E-state index is 13.0. The second-order valence-corrected chi connectivity index (χ2v) is 8.13. The predicted molar refractivity (Wildman–Crippen MR) is 119 cm³/mol. The fraction of sp³-hybridized carbons (Fsp3) is 0.455. The van der Waals surface area contributed by atoms with Gasteiger partial charge in [0, 0.05) is 61.7 Å². The highest BCUT2D eigenvalue weighted by molar-refractivity contribution is 7.99. The molecular formula is C22H29N5O2S. The highest BCUT2D eigenvalue weighted by atomic mass is 32.2. The molecule has 0 spiro atoms. The van der Waals surface area contributed by atoms with Crippen molar-refractivity contribution in [3.63, 3.8) is 0 Å². The van der Waals surface area contributed by atoms with Gasteiger partial charge >= 0.3 is 0 Å². The topological polar surface area (TPSA) is 74.8 Å². The smallest absolute Gasteiger partial charge is 0.191 e. The summed E-state index contributed by atoms with van der Waals surface area (Å²) in [5, 5.41) is 9.50. The van der Waals surface area contributed by atoms with Crippen molar-refractivity contribution in [1.82, 2.24) is 24.3 Å². The van der Waals surface area contributed by atoms with Crippen molar-refractivity contribution in [3.8, 4) is 11.4 Å². The molecule has 3 rings (SSSR count). The van der Waals surface area contributed by atoms with Crippen LogP contribution in [0.3, 0.4) is 0 Å². The third-order valence-corrected chi connectivity index (χ3v) is 6.01. The highest BCUT2D eigenvalue weighted by Crippen LogP contribution is 2.26. The molecule has 30 heavy (non-hydrogen) atoms. The van der Waals surface area contributed by atoms with Gasteiger partial charge in [0.25, 0.3) is 0 Å². The lowest BCUT2D eigenvalue weighted by Crippen LogP contribution is -2.09. The molecule has 0 unspecified atom stereocenters. The second-order valence-electron chi connectivity index (χ2n) is 7.19. The lowest BCUT2D eigenvalue weighted by Gasteiger charge is -2.10. The van der Waals surface area contributed by atoms with Crippen LogP contribution in [-0.4, -0.2) is 49.6 Å². The Morgan fingerprint density at radius 1 is 1.13 bits per heavy atom. The van der Waals surface area contributed by atoms with Gasteiger partial charge in [0.1, 0.15) is 0 Å². The summed E-state index contributed by atoms with van der Waals surface area (Å²) < 4.78 is 9.42. The minimum Gasteiger partial charge on any atom is -0.385 e. The molecule has 0 amide bonds. The number of Topliss-reactive ketones (excluding diaryl/α,β-unsaturated/α-hetero) is 1. The van der Waals surface area contributed by atoms with Crippen molar-refractivity contribution in [3.05, 3.63) is 47.5 Å². The fourth-order valence-corrected chi connectivity index (χ4v) is 4.39. The summed E-state index contributed by atoms with van der Waals surface area (Å²) in [4.78, 5) is 17.0. The van der Waals surface area contributed by atoms with Gasteiger partial charge in [0.15, 0.2) is 16.8 Å². The van der Waals surface area contributed by atoms with E-state index in [0.29, 0.717) is 12.4 Å². The third-order valence-electron chi connectivity index (χ3n) is 5.04. The first-order chi connectivity index (χ1) is 14.6. The first-order valence-corrected chi connectivity index (χ1v) is 11.2. The van der Waals surface area contributed by atoms with Crippen LogP contribution in [0.1, 0.15) is 41.5 Å². The molecule has 0 N–H and O–H groups in total. The number of hydrogen-bond donors (Lipinski definition) is 0. The molecule has 3 heterocycles. The molecule has 0 aromatic carbocycles. The third kappa shape index (κ3) is 4.99. The summed E-state index contributed by atoms with van der Waals surface area (Å²) in [6.07, 6.45) is 5.38. The summed E-state index contributed by atoms with van der Waals surface area (Å²) in [5.41, 5.74) is 3.88. The molecule has 0 fully saturated rings. The van der Waals surface area contributed by atoms with E-state index in [1.54, 1.807) is 19.5 Å². The molecule has 0 saturated carbocycles. The van der Waals surface area contributed by atoms with Crippen LogP contribution in [0.5, 0.6) is 0 Å². The zero-order chi connectivity index (χ0) is 21.5. The minimum absolute atomic E-state index is 0.114. The average molecular weight is 428 g/mol. The predicted octanol–water partition coefficient (Wildman–Crippen LogP) is 4.18. The van der Waals surface area contributed by atoms with E-state index in [-0.39, 0.29) is 5.78 Å². The number of methoxy groups -OCH3 is 1. The van der Waals surface area contributed by atoms with Crippen molar-refractivity contribution in [2.75, 3.05) is 19.5 Å². The van der Waals surface area contributed by atoms with Crippen LogP contribution in [-0.2, 0) is 17.8 Å². The van der Waals surface area contributed by atoms with Gasteiger partial charge in [-0.2, -0.15) is 0 Å². The molecule has 0 radical (unpaired) electrons. The average Bonchev–Trinajstić information content (AvgIpc) is 3.28. The second kappa shape index (κ2) is 10.5. The van der Waals surface area contributed by atoms with Crippen molar-refractivity contribution in [1.29, 1.82) is 0 Å². The van der Waals surface area contributed by atoms with Gasteiger partial charge in [0.2, 0.25) is 0 Å². The van der Waals surface area contributed by atoms with E-state index in [9.17, 15) is 4.79 Å². The maximum atomic E-state index is 13.0. The molecular weight excluding hydrogens is 398 g/mol. The van der Waals surface area contributed by atoms with Gasteiger partial charge < -0.3 is 13.9 Å². The van der Waals surface area contributed by atoms with Crippen molar-refractivity contribution >= 4 is 17.5 Å². The molecule has 3 aromatic heterocycles. The SMILES string of the molecule is CCCn1c(SCC(=O)c2cc(C)n(CCCOC)c2C)nnc1-c1ccncc1. The molecule has 0 atom stereocenters. The number of thioether (sulfide) groups is 1. The first-order valence-electron chi connectivity index (χ1n) is 10.2. The van der Waals surface area contributed by atoms with Crippen molar-refractivity contribution < 1.29 is 9.53 Å². The van der Waals surface area contributed by atoms with Crippen LogP contribution in [0.25, 0.3) is 11.4 Å². The number of hydrogen-bond acceptors (Lipinski definition) is 6. The Bertz CT molecular complexity index is 981. The Morgan fingerprint density at radius 2 is 1.90 bits per heavy atom. The summed E-state index contributed by atoms with van der Waals surface area (Å²) in [5.74, 6) is 1.26. The largest absolute Gasteiger partial charge is 0.385 e. The van der Waals surface area contributed by atoms with E-state index in [1.807, 2.05) is 32.0 Å². The van der Waals surface area contributed by atoms with Crippen LogP contribution >= 0.6 is 11.8 Å². The van der Waals surface area contributed by atoms with Crippen LogP contribution < -0.4 is 0 Å². The van der Waals surface area contributed by atoms with Crippen molar-refractivity contribution in [2.45, 2.75) is 51.9 Å². The number of carbonyl (C=O) groups excluding carboxylic acids is 1. The standard InChI is InChI=1S/C22H29N5O2S/c1-5-11-27-21(18-7-9-23-10-8-18)24-25-22(27)30-15-20(28)19-14-16(2)26(17(19)3)12-6-13-29-4/h7-10,14H,5-6,11-13,15H2,1-4H3. The van der Waals surface area contributed by atoms with Crippen LogP contribution in [0.15, 0.2) is 35.7 Å². The number of aryl methyl sites for hydroxylation is 1. The molecule has 160 valence electrons. The quantitative estimate of drug-likeness (QED) is 0.260.